The van der Waals surface area contributed by atoms with Crippen LogP contribution in [0, 0.1) is 5.92 Å². The van der Waals surface area contributed by atoms with Crippen LogP contribution in [-0.4, -0.2) is 38.3 Å². The van der Waals surface area contributed by atoms with Crippen molar-refractivity contribution in [2.45, 2.75) is 38.1 Å². The van der Waals surface area contributed by atoms with Gasteiger partial charge in [0.2, 0.25) is 5.91 Å². The molecule has 0 aromatic rings. The average Bonchev–Trinajstić information content (AvgIpc) is 2.83. The number of ether oxygens (including phenoxy) is 1. The molecule has 0 aromatic carbocycles. The lowest BCUT2D eigenvalue weighted by molar-refractivity contribution is -0.128. The summed E-state index contributed by atoms with van der Waals surface area (Å²) in [7, 11) is 0. The van der Waals surface area contributed by atoms with E-state index in [4.69, 9.17) is 4.74 Å². The summed E-state index contributed by atoms with van der Waals surface area (Å²) < 4.78 is 5.31. The van der Waals surface area contributed by atoms with Crippen molar-refractivity contribution in [3.63, 3.8) is 0 Å². The fourth-order valence-electron chi connectivity index (χ4n) is 2.46. The van der Waals surface area contributed by atoms with Gasteiger partial charge in [-0.1, -0.05) is 0 Å². The summed E-state index contributed by atoms with van der Waals surface area (Å²) in [4.78, 5) is 11.8. The Morgan fingerprint density at radius 2 is 2.31 bits per heavy atom. The van der Waals surface area contributed by atoms with Crippen LogP contribution in [0.25, 0.3) is 0 Å². The van der Waals surface area contributed by atoms with Crippen molar-refractivity contribution in [3.8, 4) is 0 Å². The van der Waals surface area contributed by atoms with Crippen LogP contribution in [0.1, 0.15) is 32.1 Å². The summed E-state index contributed by atoms with van der Waals surface area (Å²) in [6, 6.07) is 0.614. The second kappa shape index (κ2) is 6.21. The van der Waals surface area contributed by atoms with Crippen molar-refractivity contribution < 1.29 is 9.53 Å². The molecule has 2 saturated heterocycles. The molecule has 1 amide bonds. The highest BCUT2D eigenvalue weighted by atomic mass is 16.5. The first kappa shape index (κ1) is 11.9. The summed E-state index contributed by atoms with van der Waals surface area (Å²) >= 11 is 0. The first-order valence-electron chi connectivity index (χ1n) is 6.45. The summed E-state index contributed by atoms with van der Waals surface area (Å²) in [5, 5.41) is 6.45. The number of carbonyl (C=O) groups excluding carboxylic acids is 1. The maximum Gasteiger partial charge on any atom is 0.225 e. The first-order valence-corrected chi connectivity index (χ1v) is 6.45. The largest absolute Gasteiger partial charge is 0.381 e. The molecule has 0 aliphatic carbocycles. The van der Waals surface area contributed by atoms with Gasteiger partial charge in [0, 0.05) is 19.2 Å². The Hall–Kier alpha value is -0.610. The van der Waals surface area contributed by atoms with E-state index in [1.54, 1.807) is 0 Å². The predicted molar refractivity (Wildman–Crippen MR) is 62.2 cm³/mol. The van der Waals surface area contributed by atoms with Gasteiger partial charge in [0.05, 0.1) is 12.5 Å². The van der Waals surface area contributed by atoms with Crippen LogP contribution in [0.3, 0.4) is 0 Å². The molecule has 0 aromatic heterocycles. The molecule has 0 saturated carbocycles. The summed E-state index contributed by atoms with van der Waals surface area (Å²) in [6.45, 7) is 3.35. The molecule has 2 rings (SSSR count). The highest BCUT2D eigenvalue weighted by Crippen LogP contribution is 2.13. The lowest BCUT2D eigenvalue weighted by atomic mass is 10.0. The molecule has 4 nitrogen and oxygen atoms in total. The molecule has 4 heteroatoms. The molecule has 2 N–H and O–H groups in total. The number of rotatable bonds is 4. The van der Waals surface area contributed by atoms with E-state index >= 15 is 0 Å². The fourth-order valence-corrected chi connectivity index (χ4v) is 2.46. The number of hydrogen-bond acceptors (Lipinski definition) is 3. The number of carbonyl (C=O) groups is 1. The molecule has 92 valence electrons. The highest BCUT2D eigenvalue weighted by molar-refractivity contribution is 5.78. The lowest BCUT2D eigenvalue weighted by Gasteiger charge is -2.21. The zero-order valence-electron chi connectivity index (χ0n) is 9.84. The van der Waals surface area contributed by atoms with E-state index in [1.807, 2.05) is 0 Å². The normalized spacial score (nSPS) is 30.2. The van der Waals surface area contributed by atoms with E-state index < -0.39 is 0 Å². The third-order valence-electron chi connectivity index (χ3n) is 3.49. The van der Waals surface area contributed by atoms with Crippen LogP contribution < -0.4 is 10.6 Å². The summed E-state index contributed by atoms with van der Waals surface area (Å²) in [5.74, 6) is 0.267. The molecular weight excluding hydrogens is 204 g/mol. The molecule has 0 radical (unpaired) electrons. The number of nitrogens with one attached hydrogen (secondary N) is 2. The van der Waals surface area contributed by atoms with Crippen molar-refractivity contribution in [2.24, 2.45) is 5.92 Å². The number of hydrogen-bond donors (Lipinski definition) is 2. The van der Waals surface area contributed by atoms with Gasteiger partial charge in [0.15, 0.2) is 0 Å². The quantitative estimate of drug-likeness (QED) is 0.741. The summed E-state index contributed by atoms with van der Waals surface area (Å²) in [5.41, 5.74) is 0. The predicted octanol–water partition coefficient (Wildman–Crippen LogP) is 0.671. The second-order valence-electron chi connectivity index (χ2n) is 4.79. The van der Waals surface area contributed by atoms with Gasteiger partial charge in [-0.15, -0.1) is 0 Å². The van der Waals surface area contributed by atoms with Crippen LogP contribution in [0.2, 0.25) is 0 Å². The van der Waals surface area contributed by atoms with Crippen molar-refractivity contribution in [2.75, 3.05) is 26.3 Å². The molecule has 16 heavy (non-hydrogen) atoms. The van der Waals surface area contributed by atoms with E-state index in [0.717, 1.165) is 39.0 Å². The zero-order chi connectivity index (χ0) is 11.2. The minimum absolute atomic E-state index is 0.0882. The van der Waals surface area contributed by atoms with Crippen LogP contribution in [-0.2, 0) is 9.53 Å². The van der Waals surface area contributed by atoms with Crippen molar-refractivity contribution in [1.82, 2.24) is 10.6 Å². The fraction of sp³-hybridized carbons (Fsp3) is 0.917. The monoisotopic (exact) mass is 226 g/mol. The molecule has 2 atom stereocenters. The Bertz CT molecular complexity index is 221. The van der Waals surface area contributed by atoms with Crippen molar-refractivity contribution in [1.29, 1.82) is 0 Å². The third kappa shape index (κ3) is 3.46. The Morgan fingerprint density at radius 3 is 3.00 bits per heavy atom. The molecule has 1 unspecified atom stereocenters. The van der Waals surface area contributed by atoms with Crippen molar-refractivity contribution in [3.05, 3.63) is 0 Å². The maximum atomic E-state index is 11.8. The average molecular weight is 226 g/mol. The van der Waals surface area contributed by atoms with Gasteiger partial charge < -0.3 is 15.4 Å². The molecule has 0 spiro atoms. The molecule has 2 fully saturated rings. The van der Waals surface area contributed by atoms with Gasteiger partial charge in [-0.05, 0) is 38.6 Å². The minimum atomic E-state index is 0.0882. The SMILES string of the molecule is O=C(NCC[C@H]1CCCN1)C1CCCOC1. The van der Waals surface area contributed by atoms with Crippen LogP contribution in [0.4, 0.5) is 0 Å². The standard InChI is InChI=1S/C12H22N2O2/c15-12(10-3-2-8-16-9-10)14-7-5-11-4-1-6-13-11/h10-11,13H,1-9H2,(H,14,15)/t10?,11-/m1/s1. The van der Waals surface area contributed by atoms with Crippen molar-refractivity contribution >= 4 is 5.91 Å². The van der Waals surface area contributed by atoms with E-state index in [2.05, 4.69) is 10.6 Å². The second-order valence-corrected chi connectivity index (χ2v) is 4.79. The van der Waals surface area contributed by atoms with E-state index in [1.165, 1.54) is 12.8 Å². The van der Waals surface area contributed by atoms with E-state index in [9.17, 15) is 4.79 Å². The first-order chi connectivity index (χ1) is 7.86. The van der Waals surface area contributed by atoms with Gasteiger partial charge in [-0.3, -0.25) is 4.79 Å². The molecule has 2 heterocycles. The van der Waals surface area contributed by atoms with Crippen LogP contribution in [0.15, 0.2) is 0 Å². The Kier molecular flexibility index (Phi) is 4.60. The third-order valence-corrected chi connectivity index (χ3v) is 3.49. The van der Waals surface area contributed by atoms with Gasteiger partial charge in [0.25, 0.3) is 0 Å². The Balaban J connectivity index is 1.59. The smallest absolute Gasteiger partial charge is 0.225 e. The zero-order valence-corrected chi connectivity index (χ0v) is 9.84. The molecular formula is C12H22N2O2. The maximum absolute atomic E-state index is 11.8. The molecule has 0 bridgehead atoms. The van der Waals surface area contributed by atoms with Gasteiger partial charge in [-0.2, -0.15) is 0 Å². The number of amides is 1. The Labute approximate surface area is 97.1 Å². The highest BCUT2D eigenvalue weighted by Gasteiger charge is 2.21. The molecule has 2 aliphatic rings. The Morgan fingerprint density at radius 1 is 1.38 bits per heavy atom. The van der Waals surface area contributed by atoms with Crippen LogP contribution in [0.5, 0.6) is 0 Å². The lowest BCUT2D eigenvalue weighted by Crippen LogP contribution is -2.37. The minimum Gasteiger partial charge on any atom is -0.381 e. The van der Waals surface area contributed by atoms with Crippen LogP contribution >= 0.6 is 0 Å². The van der Waals surface area contributed by atoms with Gasteiger partial charge in [0.1, 0.15) is 0 Å². The van der Waals surface area contributed by atoms with Gasteiger partial charge in [-0.25, -0.2) is 0 Å². The van der Waals surface area contributed by atoms with Gasteiger partial charge >= 0.3 is 0 Å². The topological polar surface area (TPSA) is 50.4 Å². The van der Waals surface area contributed by atoms with E-state index in [0.29, 0.717) is 12.6 Å². The van der Waals surface area contributed by atoms with E-state index in [-0.39, 0.29) is 11.8 Å². The summed E-state index contributed by atoms with van der Waals surface area (Å²) in [6.07, 6.45) is 5.58. The molecule has 2 aliphatic heterocycles.